The summed E-state index contributed by atoms with van der Waals surface area (Å²) in [5, 5.41) is 0. The second-order valence-corrected chi connectivity index (χ2v) is 7.00. The second-order valence-electron chi connectivity index (χ2n) is 7.00. The predicted molar refractivity (Wildman–Crippen MR) is 99.8 cm³/mol. The zero-order valence-electron chi connectivity index (χ0n) is 16.1. The van der Waals surface area contributed by atoms with Crippen molar-refractivity contribution < 1.29 is 23.8 Å². The zero-order valence-corrected chi connectivity index (χ0v) is 16.1. The minimum atomic E-state index is -0.601. The number of methoxy groups -OCH3 is 1. The predicted octanol–water partition coefficient (Wildman–Crippen LogP) is 1.56. The van der Waals surface area contributed by atoms with Crippen molar-refractivity contribution in [2.75, 3.05) is 46.5 Å². The van der Waals surface area contributed by atoms with Crippen molar-refractivity contribution in [3.8, 4) is 11.5 Å². The number of nitrogens with zero attached hydrogens (tertiary/aromatic N) is 2. The van der Waals surface area contributed by atoms with Crippen molar-refractivity contribution in [3.05, 3.63) is 24.3 Å². The summed E-state index contributed by atoms with van der Waals surface area (Å²) in [5.41, 5.74) is 0. The van der Waals surface area contributed by atoms with Gasteiger partial charge >= 0.3 is 0 Å². The maximum Gasteiger partial charge on any atom is 0.263 e. The highest BCUT2D eigenvalue weighted by atomic mass is 16.5. The van der Waals surface area contributed by atoms with Crippen LogP contribution in [0.25, 0.3) is 0 Å². The normalized spacial score (nSPS) is 21.5. The third kappa shape index (κ3) is 4.91. The zero-order chi connectivity index (χ0) is 19.2. The Bertz CT molecular complexity index is 642. The Morgan fingerprint density at radius 2 is 1.74 bits per heavy atom. The van der Waals surface area contributed by atoms with Gasteiger partial charge in [-0.15, -0.1) is 0 Å². The highest BCUT2D eigenvalue weighted by Crippen LogP contribution is 2.22. The molecule has 0 saturated carbocycles. The number of morpholine rings is 1. The number of carbonyl (C=O) groups excluding carboxylic acids is 2. The summed E-state index contributed by atoms with van der Waals surface area (Å²) in [6, 6.07) is 7.15. The minimum Gasteiger partial charge on any atom is -0.497 e. The van der Waals surface area contributed by atoms with Crippen molar-refractivity contribution >= 4 is 11.8 Å². The molecule has 3 rings (SSSR count). The number of amides is 2. The van der Waals surface area contributed by atoms with Gasteiger partial charge in [0.2, 0.25) is 5.91 Å². The Balaban J connectivity index is 1.55. The first-order chi connectivity index (χ1) is 13.1. The van der Waals surface area contributed by atoms with E-state index in [1.54, 1.807) is 43.2 Å². The molecule has 1 aromatic carbocycles. The largest absolute Gasteiger partial charge is 0.497 e. The van der Waals surface area contributed by atoms with Gasteiger partial charge in [-0.05, 0) is 44.0 Å². The van der Waals surface area contributed by atoms with E-state index in [0.29, 0.717) is 45.1 Å². The van der Waals surface area contributed by atoms with Crippen LogP contribution in [0.3, 0.4) is 0 Å². The van der Waals surface area contributed by atoms with Gasteiger partial charge in [0.25, 0.3) is 5.91 Å². The molecular formula is C20H28N2O5. The van der Waals surface area contributed by atoms with Crippen LogP contribution in [-0.2, 0) is 14.3 Å². The Morgan fingerprint density at radius 3 is 2.41 bits per heavy atom. The van der Waals surface area contributed by atoms with Crippen LogP contribution in [-0.4, -0.2) is 74.2 Å². The van der Waals surface area contributed by atoms with E-state index in [1.165, 1.54) is 0 Å². The molecule has 2 saturated heterocycles. The van der Waals surface area contributed by atoms with Gasteiger partial charge < -0.3 is 24.0 Å². The summed E-state index contributed by atoms with van der Waals surface area (Å²) in [6.07, 6.45) is 1.06. The van der Waals surface area contributed by atoms with Crippen molar-refractivity contribution in [1.29, 1.82) is 0 Å². The Morgan fingerprint density at radius 1 is 1.07 bits per heavy atom. The molecule has 148 valence electrons. The van der Waals surface area contributed by atoms with E-state index in [-0.39, 0.29) is 17.7 Å². The van der Waals surface area contributed by atoms with E-state index in [4.69, 9.17) is 14.2 Å². The number of benzene rings is 1. The molecule has 2 aliphatic rings. The molecule has 0 spiro atoms. The molecule has 0 aliphatic carbocycles. The summed E-state index contributed by atoms with van der Waals surface area (Å²) in [6.45, 7) is 5.34. The van der Waals surface area contributed by atoms with E-state index in [0.717, 1.165) is 18.6 Å². The van der Waals surface area contributed by atoms with Crippen molar-refractivity contribution in [1.82, 2.24) is 9.80 Å². The molecule has 1 aromatic rings. The smallest absolute Gasteiger partial charge is 0.263 e. The van der Waals surface area contributed by atoms with Crippen LogP contribution in [0.15, 0.2) is 24.3 Å². The summed E-state index contributed by atoms with van der Waals surface area (Å²) >= 11 is 0. The Hall–Kier alpha value is -2.28. The van der Waals surface area contributed by atoms with Gasteiger partial charge in [-0.3, -0.25) is 9.59 Å². The standard InChI is InChI=1S/C20H28N2O5/c1-15(27-18-7-5-17(25-2)6-8-18)19(23)22-9-3-4-16(14-22)20(24)21-10-12-26-13-11-21/h5-8,15-16H,3-4,9-14H2,1-2H3. The molecule has 0 radical (unpaired) electrons. The molecule has 2 atom stereocenters. The molecule has 2 unspecified atom stereocenters. The molecule has 7 nitrogen and oxygen atoms in total. The monoisotopic (exact) mass is 376 g/mol. The number of ether oxygens (including phenoxy) is 3. The molecule has 2 heterocycles. The van der Waals surface area contributed by atoms with E-state index in [1.807, 2.05) is 4.90 Å². The third-order valence-corrected chi connectivity index (χ3v) is 5.13. The minimum absolute atomic E-state index is 0.0784. The highest BCUT2D eigenvalue weighted by Gasteiger charge is 2.33. The number of hydrogen-bond donors (Lipinski definition) is 0. The van der Waals surface area contributed by atoms with Crippen LogP contribution < -0.4 is 9.47 Å². The van der Waals surface area contributed by atoms with E-state index < -0.39 is 6.10 Å². The number of likely N-dealkylation sites (tertiary alicyclic amines) is 1. The van der Waals surface area contributed by atoms with Crippen LogP contribution in [0.5, 0.6) is 11.5 Å². The van der Waals surface area contributed by atoms with Gasteiger partial charge in [0.05, 0.1) is 26.2 Å². The van der Waals surface area contributed by atoms with Crippen LogP contribution in [0.4, 0.5) is 0 Å². The van der Waals surface area contributed by atoms with Crippen molar-refractivity contribution in [2.24, 2.45) is 5.92 Å². The lowest BCUT2D eigenvalue weighted by molar-refractivity contribution is -0.146. The molecular weight excluding hydrogens is 348 g/mol. The van der Waals surface area contributed by atoms with Crippen LogP contribution in [0.1, 0.15) is 19.8 Å². The van der Waals surface area contributed by atoms with E-state index >= 15 is 0 Å². The molecule has 2 aliphatic heterocycles. The molecule has 27 heavy (non-hydrogen) atoms. The Labute approximate surface area is 160 Å². The summed E-state index contributed by atoms with van der Waals surface area (Å²) < 4.78 is 16.2. The van der Waals surface area contributed by atoms with Gasteiger partial charge in [0, 0.05) is 26.2 Å². The van der Waals surface area contributed by atoms with Crippen LogP contribution in [0, 0.1) is 5.92 Å². The van der Waals surface area contributed by atoms with Crippen LogP contribution in [0.2, 0.25) is 0 Å². The fourth-order valence-corrected chi connectivity index (χ4v) is 3.59. The number of hydrogen-bond acceptors (Lipinski definition) is 5. The molecule has 0 aromatic heterocycles. The average molecular weight is 376 g/mol. The molecule has 2 fully saturated rings. The fourth-order valence-electron chi connectivity index (χ4n) is 3.59. The maximum atomic E-state index is 12.8. The number of rotatable bonds is 5. The third-order valence-electron chi connectivity index (χ3n) is 5.13. The number of carbonyl (C=O) groups is 2. The first kappa shape index (κ1) is 19.5. The SMILES string of the molecule is COc1ccc(OC(C)C(=O)N2CCCC(C(=O)N3CCOCC3)C2)cc1. The Kier molecular flexibility index (Phi) is 6.55. The van der Waals surface area contributed by atoms with Gasteiger partial charge in [0.15, 0.2) is 6.10 Å². The topological polar surface area (TPSA) is 68.3 Å². The fraction of sp³-hybridized carbons (Fsp3) is 0.600. The molecule has 2 amide bonds. The lowest BCUT2D eigenvalue weighted by atomic mass is 9.96. The number of piperidine rings is 1. The maximum absolute atomic E-state index is 12.8. The van der Waals surface area contributed by atoms with Crippen molar-refractivity contribution in [2.45, 2.75) is 25.9 Å². The van der Waals surface area contributed by atoms with E-state index in [9.17, 15) is 9.59 Å². The first-order valence-electron chi connectivity index (χ1n) is 9.54. The first-order valence-corrected chi connectivity index (χ1v) is 9.54. The molecule has 7 heteroatoms. The summed E-state index contributed by atoms with van der Waals surface area (Å²) in [4.78, 5) is 29.2. The lowest BCUT2D eigenvalue weighted by Crippen LogP contribution is -2.51. The summed E-state index contributed by atoms with van der Waals surface area (Å²) in [5.74, 6) is 1.29. The molecule has 0 N–H and O–H groups in total. The highest BCUT2D eigenvalue weighted by molar-refractivity contribution is 5.83. The quantitative estimate of drug-likeness (QED) is 0.780. The summed E-state index contributed by atoms with van der Waals surface area (Å²) in [7, 11) is 1.60. The van der Waals surface area contributed by atoms with Gasteiger partial charge in [-0.1, -0.05) is 0 Å². The average Bonchev–Trinajstić information content (AvgIpc) is 2.74. The van der Waals surface area contributed by atoms with E-state index in [2.05, 4.69) is 0 Å². The second kappa shape index (κ2) is 9.08. The lowest BCUT2D eigenvalue weighted by Gasteiger charge is -2.37. The molecule has 0 bridgehead atoms. The van der Waals surface area contributed by atoms with Gasteiger partial charge in [-0.2, -0.15) is 0 Å². The van der Waals surface area contributed by atoms with Crippen LogP contribution >= 0.6 is 0 Å². The van der Waals surface area contributed by atoms with Crippen molar-refractivity contribution in [3.63, 3.8) is 0 Å². The van der Waals surface area contributed by atoms with Gasteiger partial charge in [0.1, 0.15) is 11.5 Å². The van der Waals surface area contributed by atoms with Gasteiger partial charge in [-0.25, -0.2) is 0 Å².